The van der Waals surface area contributed by atoms with Crippen molar-refractivity contribution in [2.45, 2.75) is 123 Å². The first-order valence-electron chi connectivity index (χ1n) is 23.3. The third-order valence-corrected chi connectivity index (χ3v) is 13.8. The lowest BCUT2D eigenvalue weighted by Crippen LogP contribution is -2.50. The van der Waals surface area contributed by atoms with Gasteiger partial charge in [-0.05, 0) is 116 Å². The predicted molar refractivity (Wildman–Crippen MR) is 266 cm³/mol. The summed E-state index contributed by atoms with van der Waals surface area (Å²) in [5, 5.41) is 19.6. The third-order valence-electron chi connectivity index (χ3n) is 12.2. The highest BCUT2D eigenvalue weighted by Crippen LogP contribution is 2.35. The maximum Gasteiger partial charge on any atom is 0.243 e. The Bertz CT molecular complexity index is 2290. The highest BCUT2D eigenvalue weighted by Gasteiger charge is 2.44. The van der Waals surface area contributed by atoms with Crippen LogP contribution in [0.4, 0.5) is 24.5 Å². The second kappa shape index (κ2) is 25.9. The van der Waals surface area contributed by atoms with Crippen molar-refractivity contribution in [3.05, 3.63) is 98.0 Å². The van der Waals surface area contributed by atoms with Gasteiger partial charge in [0.15, 0.2) is 17.4 Å². The van der Waals surface area contributed by atoms with Gasteiger partial charge in [-0.1, -0.05) is 77.1 Å². The fourth-order valence-corrected chi connectivity index (χ4v) is 9.51. The average molecular weight is 1060 g/mol. The second-order valence-electron chi connectivity index (χ2n) is 18.5. The van der Waals surface area contributed by atoms with Gasteiger partial charge in [0, 0.05) is 47.5 Å². The molecule has 2 amide bonds. The summed E-state index contributed by atoms with van der Waals surface area (Å²) in [6.45, 7) is 11.2. The summed E-state index contributed by atoms with van der Waals surface area (Å²) >= 11 is 3.51. The Hall–Kier alpha value is -4.23. The van der Waals surface area contributed by atoms with Crippen molar-refractivity contribution in [2.75, 3.05) is 38.2 Å². The van der Waals surface area contributed by atoms with E-state index < -0.39 is 52.4 Å². The quantitative estimate of drug-likeness (QED) is 0.0274. The Balaban J connectivity index is 0.926. The van der Waals surface area contributed by atoms with Crippen molar-refractivity contribution in [3.8, 4) is 10.4 Å². The van der Waals surface area contributed by atoms with Gasteiger partial charge in [0.25, 0.3) is 0 Å². The van der Waals surface area contributed by atoms with Crippen LogP contribution in [0.25, 0.3) is 10.4 Å². The number of β-amino-alcohol motifs (C(OH)–C–C–N with tert-alkyl or cyclic N) is 1. The first-order chi connectivity index (χ1) is 31.9. The van der Waals surface area contributed by atoms with E-state index in [4.69, 9.17) is 4.74 Å². The summed E-state index contributed by atoms with van der Waals surface area (Å²) in [7, 11) is 0. The van der Waals surface area contributed by atoms with E-state index in [9.17, 15) is 37.5 Å². The molecule has 4 atom stereocenters. The zero-order chi connectivity index (χ0) is 48.7. The average Bonchev–Trinajstić information content (AvgIpc) is 3.90. The maximum absolute atomic E-state index is 14.7. The Morgan fingerprint density at radius 3 is 2.28 bits per heavy atom. The topological polar surface area (TPSA) is 150 Å². The lowest BCUT2D eigenvalue weighted by atomic mass is 9.76. The van der Waals surface area contributed by atoms with Gasteiger partial charge in [-0.3, -0.25) is 19.2 Å². The largest absolute Gasteiger partial charge is 0.391 e. The van der Waals surface area contributed by atoms with Gasteiger partial charge in [0.1, 0.15) is 24.2 Å². The number of aliphatic hydroxyl groups excluding tert-OH is 1. The molecular weight excluding hydrogens is 995 g/mol. The third kappa shape index (κ3) is 15.9. The summed E-state index contributed by atoms with van der Waals surface area (Å²) in [6.07, 6.45) is 7.35. The fraction of sp³-hybridized carbons (Fsp3) is 0.510. The maximum atomic E-state index is 14.7. The van der Waals surface area contributed by atoms with Crippen molar-refractivity contribution in [2.24, 2.45) is 11.3 Å². The summed E-state index contributed by atoms with van der Waals surface area (Å²) in [5.74, 6) is -4.84. The monoisotopic (exact) mass is 1060 g/mol. The van der Waals surface area contributed by atoms with Crippen LogP contribution in [0.3, 0.4) is 0 Å². The van der Waals surface area contributed by atoms with E-state index in [1.165, 1.54) is 17.0 Å². The normalized spacial score (nSPS) is 15.9. The fourth-order valence-electron chi connectivity index (χ4n) is 8.25. The predicted octanol–water partition coefficient (Wildman–Crippen LogP) is 10.6. The molecule has 4 aromatic rings. The minimum absolute atomic E-state index is 0.0314. The van der Waals surface area contributed by atoms with E-state index in [0.717, 1.165) is 85.3 Å². The van der Waals surface area contributed by atoms with Crippen LogP contribution in [0.2, 0.25) is 0 Å². The first kappa shape index (κ1) is 53.7. The zero-order valence-corrected chi connectivity index (χ0v) is 42.2. The SMILES string of the molecule is Cc1ncsc1-c1ccc([C@H](C)NC(=O)[C@@H]2C[C@@H](O)CN2C(=O)[C@@H](CC(=O)CCCCCCCCCNCCCOCC(=O)c2ccc(F)c(F)c2Nc2ccc(I)cc2F)C(C)(C)C)cc1. The number of thiazole rings is 1. The minimum atomic E-state index is -1.27. The van der Waals surface area contributed by atoms with Gasteiger partial charge >= 0.3 is 0 Å². The molecule has 67 heavy (non-hydrogen) atoms. The highest BCUT2D eigenvalue weighted by atomic mass is 127. The van der Waals surface area contributed by atoms with E-state index in [1.807, 2.05) is 87.0 Å². The molecule has 1 saturated heterocycles. The van der Waals surface area contributed by atoms with E-state index in [-0.39, 0.29) is 60.9 Å². The summed E-state index contributed by atoms with van der Waals surface area (Å²) in [4.78, 5) is 60.8. The molecule has 1 aromatic heterocycles. The number of aromatic nitrogens is 1. The first-order valence-corrected chi connectivity index (χ1v) is 25.2. The van der Waals surface area contributed by atoms with Crippen molar-refractivity contribution < 1.29 is 42.2 Å². The summed E-state index contributed by atoms with van der Waals surface area (Å²) < 4.78 is 49.3. The molecule has 2 heterocycles. The van der Waals surface area contributed by atoms with E-state index in [0.29, 0.717) is 29.6 Å². The molecule has 5 rings (SSSR count). The standard InChI is InChI=1S/C51H65F3IN5O6S/c1-32(34-15-17-35(18-16-34)48-33(2)57-31-67-48)58-49(64)44-28-38(62)29-60(44)50(65)40(51(3,4)5)27-37(61)14-11-9-7-6-8-10-12-23-56-24-13-25-66-30-45(63)39-20-21-41(52)46(54)47(39)59-43-22-19-36(55)26-42(43)53/h15-22,26,31-32,38,40,44,56,59,62H,6-14,23-25,27-30H2,1-5H3,(H,58,64)/t32-,38+,40+,44-/m0/s1. The number of rotatable bonds is 26. The number of aliphatic hydroxyl groups is 1. The van der Waals surface area contributed by atoms with Crippen LogP contribution in [0.1, 0.15) is 126 Å². The molecule has 0 aliphatic carbocycles. The molecule has 1 fully saturated rings. The van der Waals surface area contributed by atoms with E-state index in [1.54, 1.807) is 17.4 Å². The number of carbonyl (C=O) groups is 4. The molecule has 1 aliphatic heterocycles. The lowest BCUT2D eigenvalue weighted by molar-refractivity contribution is -0.146. The number of hydrogen-bond acceptors (Lipinski definition) is 10. The number of carbonyl (C=O) groups excluding carboxylic acids is 4. The van der Waals surface area contributed by atoms with Crippen LogP contribution in [-0.4, -0.2) is 83.4 Å². The number of Topliss-reactive ketones (excluding diaryl/α,β-unsaturated/α-hetero) is 2. The number of hydrogen-bond donors (Lipinski definition) is 4. The molecule has 1 aliphatic rings. The highest BCUT2D eigenvalue weighted by molar-refractivity contribution is 14.1. The summed E-state index contributed by atoms with van der Waals surface area (Å²) in [6, 6.07) is 13.1. The Morgan fingerprint density at radius 2 is 1.61 bits per heavy atom. The van der Waals surface area contributed by atoms with Crippen LogP contribution >= 0.6 is 33.9 Å². The number of amides is 2. The number of ether oxygens (including phenoxy) is 1. The van der Waals surface area contributed by atoms with Gasteiger partial charge < -0.3 is 30.7 Å². The minimum Gasteiger partial charge on any atom is -0.391 e. The molecule has 0 saturated carbocycles. The molecular formula is C51H65F3IN5O6S. The van der Waals surface area contributed by atoms with Gasteiger partial charge in [0.05, 0.1) is 39.6 Å². The number of nitrogens with zero attached hydrogens (tertiary/aromatic N) is 2. The van der Waals surface area contributed by atoms with Crippen LogP contribution in [-0.2, 0) is 19.1 Å². The number of nitrogens with one attached hydrogen (secondary N) is 3. The van der Waals surface area contributed by atoms with Crippen molar-refractivity contribution in [1.82, 2.24) is 20.5 Å². The molecule has 0 radical (unpaired) electrons. The molecule has 0 unspecified atom stereocenters. The Labute approximate surface area is 410 Å². The zero-order valence-electron chi connectivity index (χ0n) is 39.2. The number of unbranched alkanes of at least 4 members (excludes halogenated alkanes) is 6. The smallest absolute Gasteiger partial charge is 0.243 e. The number of benzene rings is 3. The van der Waals surface area contributed by atoms with Crippen molar-refractivity contribution in [1.29, 1.82) is 0 Å². The Kier molecular flexibility index (Phi) is 20.8. The number of anilines is 2. The second-order valence-corrected chi connectivity index (χ2v) is 20.6. The van der Waals surface area contributed by atoms with Crippen LogP contribution < -0.4 is 16.0 Å². The number of likely N-dealkylation sites (tertiary alicyclic amines) is 1. The van der Waals surface area contributed by atoms with E-state index in [2.05, 4.69) is 20.9 Å². The molecule has 0 spiro atoms. The van der Waals surface area contributed by atoms with Gasteiger partial charge in [-0.2, -0.15) is 0 Å². The molecule has 0 bridgehead atoms. The van der Waals surface area contributed by atoms with Gasteiger partial charge in [-0.25, -0.2) is 18.2 Å². The van der Waals surface area contributed by atoms with Crippen molar-refractivity contribution >= 4 is 68.7 Å². The van der Waals surface area contributed by atoms with Crippen LogP contribution in [0.15, 0.2) is 60.1 Å². The number of halogens is 4. The molecule has 4 N–H and O–H groups in total. The Morgan fingerprint density at radius 1 is 0.925 bits per heavy atom. The van der Waals surface area contributed by atoms with E-state index >= 15 is 0 Å². The number of aryl methyl sites for hydroxylation is 1. The molecule has 11 nitrogen and oxygen atoms in total. The van der Waals surface area contributed by atoms with Crippen LogP contribution in [0.5, 0.6) is 0 Å². The van der Waals surface area contributed by atoms with Gasteiger partial charge in [-0.15, -0.1) is 11.3 Å². The lowest BCUT2D eigenvalue weighted by Gasteiger charge is -2.35. The van der Waals surface area contributed by atoms with Crippen LogP contribution in [0, 0.1) is 39.3 Å². The van der Waals surface area contributed by atoms with Crippen molar-refractivity contribution in [3.63, 3.8) is 0 Å². The van der Waals surface area contributed by atoms with Gasteiger partial charge in [0.2, 0.25) is 11.8 Å². The molecule has 364 valence electrons. The number of ketones is 2. The molecule has 3 aromatic carbocycles. The summed E-state index contributed by atoms with van der Waals surface area (Å²) in [5.41, 5.74) is 3.59. The molecule has 16 heteroatoms.